The second-order valence-corrected chi connectivity index (χ2v) is 4.26. The Hall–Kier alpha value is -0.650. The monoisotopic (exact) mass is 247 g/mol. The van der Waals surface area contributed by atoms with Crippen molar-refractivity contribution in [2.45, 2.75) is 38.8 Å². The minimum atomic E-state index is -0.187. The largest absolute Gasteiger partial charge is 0.370 e. The smallest absolute Gasteiger partial charge is 0.243 e. The molecule has 16 heavy (non-hydrogen) atoms. The van der Waals surface area contributed by atoms with Crippen LogP contribution < -0.4 is 5.73 Å². The molecule has 2 unspecified atom stereocenters. The Morgan fingerprint density at radius 3 is 2.75 bits per heavy atom. The maximum Gasteiger partial charge on any atom is 0.243 e. The zero-order valence-corrected chi connectivity index (χ0v) is 10.4. The molecule has 0 aromatic carbocycles. The summed E-state index contributed by atoms with van der Waals surface area (Å²) in [5, 5.41) is 3.91. The molecule has 0 aliphatic carbocycles. The lowest BCUT2D eigenvalue weighted by Gasteiger charge is -2.09. The van der Waals surface area contributed by atoms with Crippen LogP contribution in [0.1, 0.15) is 50.6 Å². The minimum absolute atomic E-state index is 0. The Bertz CT molecular complexity index is 307. The molecule has 2 atom stereocenters. The first-order valence-corrected chi connectivity index (χ1v) is 5.39. The van der Waals surface area contributed by atoms with Crippen LogP contribution in [0.2, 0.25) is 0 Å². The summed E-state index contributed by atoms with van der Waals surface area (Å²) >= 11 is 0. The van der Waals surface area contributed by atoms with Gasteiger partial charge < -0.3 is 15.0 Å². The summed E-state index contributed by atoms with van der Waals surface area (Å²) in [5.74, 6) is 1.44. The maximum atomic E-state index is 5.91. The normalized spacial score (nSPS) is 22.1. The van der Waals surface area contributed by atoms with Gasteiger partial charge in [-0.1, -0.05) is 19.0 Å². The molecule has 0 saturated carbocycles. The van der Waals surface area contributed by atoms with Gasteiger partial charge in [-0.15, -0.1) is 12.4 Å². The molecule has 0 amide bonds. The van der Waals surface area contributed by atoms with E-state index in [4.69, 9.17) is 15.0 Å². The van der Waals surface area contributed by atoms with Gasteiger partial charge in [0, 0.05) is 6.61 Å². The van der Waals surface area contributed by atoms with Crippen molar-refractivity contribution >= 4 is 12.4 Å². The average Bonchev–Trinajstić information content (AvgIpc) is 2.86. The van der Waals surface area contributed by atoms with E-state index in [9.17, 15) is 0 Å². The van der Waals surface area contributed by atoms with Crippen molar-refractivity contribution < 1.29 is 9.26 Å². The third-order valence-corrected chi connectivity index (χ3v) is 2.68. The zero-order chi connectivity index (χ0) is 10.8. The summed E-state index contributed by atoms with van der Waals surface area (Å²) in [6.07, 6.45) is 2.03. The molecule has 0 spiro atoms. The molecule has 0 bridgehead atoms. The van der Waals surface area contributed by atoms with Crippen molar-refractivity contribution in [1.29, 1.82) is 0 Å². The quantitative estimate of drug-likeness (QED) is 0.884. The van der Waals surface area contributed by atoms with E-state index in [0.29, 0.717) is 17.6 Å². The number of halogens is 1. The fourth-order valence-electron chi connectivity index (χ4n) is 1.58. The van der Waals surface area contributed by atoms with Gasteiger partial charge in [-0.2, -0.15) is 4.98 Å². The molecule has 1 saturated heterocycles. The molecule has 1 aliphatic rings. The Kier molecular flexibility index (Phi) is 4.70. The van der Waals surface area contributed by atoms with E-state index in [-0.39, 0.29) is 24.6 Å². The molecule has 92 valence electrons. The molecular formula is C10H18ClN3O2. The van der Waals surface area contributed by atoms with Crippen molar-refractivity contribution in [3.8, 4) is 0 Å². The highest BCUT2D eigenvalue weighted by Crippen LogP contribution is 2.27. The van der Waals surface area contributed by atoms with E-state index >= 15 is 0 Å². The first-order chi connectivity index (χ1) is 7.18. The van der Waals surface area contributed by atoms with E-state index in [2.05, 4.69) is 10.1 Å². The molecule has 6 heteroatoms. The van der Waals surface area contributed by atoms with Gasteiger partial charge in [-0.25, -0.2) is 0 Å². The summed E-state index contributed by atoms with van der Waals surface area (Å²) in [6.45, 7) is 4.84. The average molecular weight is 248 g/mol. The van der Waals surface area contributed by atoms with Crippen LogP contribution >= 0.6 is 12.4 Å². The van der Waals surface area contributed by atoms with Gasteiger partial charge in [-0.3, -0.25) is 0 Å². The first-order valence-electron chi connectivity index (χ1n) is 5.39. The Morgan fingerprint density at radius 1 is 1.44 bits per heavy atom. The summed E-state index contributed by atoms with van der Waals surface area (Å²) in [6, 6.07) is -0.187. The molecule has 5 nitrogen and oxygen atoms in total. The van der Waals surface area contributed by atoms with Gasteiger partial charge >= 0.3 is 0 Å². The SMILES string of the molecule is CC(C)C(N)c1nc(C2CCCO2)no1.Cl. The summed E-state index contributed by atoms with van der Waals surface area (Å²) in [5.41, 5.74) is 5.91. The van der Waals surface area contributed by atoms with Crippen molar-refractivity contribution in [3.05, 3.63) is 11.7 Å². The molecule has 1 aromatic rings. The maximum absolute atomic E-state index is 5.91. The molecule has 1 fully saturated rings. The van der Waals surface area contributed by atoms with Crippen LogP contribution in [0.5, 0.6) is 0 Å². The Balaban J connectivity index is 0.00000128. The van der Waals surface area contributed by atoms with E-state index < -0.39 is 0 Å². The van der Waals surface area contributed by atoms with Gasteiger partial charge in [0.1, 0.15) is 6.10 Å². The van der Waals surface area contributed by atoms with Crippen molar-refractivity contribution in [1.82, 2.24) is 10.1 Å². The van der Waals surface area contributed by atoms with Gasteiger partial charge in [0.15, 0.2) is 0 Å². The van der Waals surface area contributed by atoms with E-state index in [0.717, 1.165) is 19.4 Å². The van der Waals surface area contributed by atoms with Crippen LogP contribution in [-0.4, -0.2) is 16.7 Å². The molecular weight excluding hydrogens is 230 g/mol. The molecule has 2 N–H and O–H groups in total. The Labute approximate surface area is 101 Å². The number of hydrogen-bond acceptors (Lipinski definition) is 5. The predicted molar refractivity (Wildman–Crippen MR) is 61.2 cm³/mol. The predicted octanol–water partition coefficient (Wildman–Crippen LogP) is 2.00. The fraction of sp³-hybridized carbons (Fsp3) is 0.800. The Morgan fingerprint density at radius 2 is 2.19 bits per heavy atom. The molecule has 2 rings (SSSR count). The first kappa shape index (κ1) is 13.4. The summed E-state index contributed by atoms with van der Waals surface area (Å²) in [7, 11) is 0. The fourth-order valence-corrected chi connectivity index (χ4v) is 1.58. The molecule has 0 radical (unpaired) electrons. The van der Waals surface area contributed by atoms with Crippen LogP contribution in [-0.2, 0) is 4.74 Å². The van der Waals surface area contributed by atoms with Crippen LogP contribution in [0.15, 0.2) is 4.52 Å². The van der Waals surface area contributed by atoms with Gasteiger partial charge in [0.25, 0.3) is 0 Å². The highest BCUT2D eigenvalue weighted by molar-refractivity contribution is 5.85. The van der Waals surface area contributed by atoms with E-state index in [1.54, 1.807) is 0 Å². The lowest BCUT2D eigenvalue weighted by molar-refractivity contribution is 0.103. The van der Waals surface area contributed by atoms with Crippen LogP contribution in [0, 0.1) is 5.92 Å². The highest BCUT2D eigenvalue weighted by Gasteiger charge is 2.25. The number of aromatic nitrogens is 2. The number of ether oxygens (including phenoxy) is 1. The lowest BCUT2D eigenvalue weighted by atomic mass is 10.1. The number of nitrogens with two attached hydrogens (primary N) is 1. The summed E-state index contributed by atoms with van der Waals surface area (Å²) < 4.78 is 10.6. The standard InChI is InChI=1S/C10H17N3O2.ClH/c1-6(2)8(11)10-12-9(13-15-10)7-4-3-5-14-7;/h6-8H,3-5,11H2,1-2H3;1H. The van der Waals surface area contributed by atoms with Crippen molar-refractivity contribution in [2.24, 2.45) is 11.7 Å². The number of nitrogens with zero attached hydrogens (tertiary/aromatic N) is 2. The van der Waals surface area contributed by atoms with Crippen molar-refractivity contribution in [2.75, 3.05) is 6.61 Å². The molecule has 1 aliphatic heterocycles. The highest BCUT2D eigenvalue weighted by atomic mass is 35.5. The second kappa shape index (κ2) is 5.61. The second-order valence-electron chi connectivity index (χ2n) is 4.26. The van der Waals surface area contributed by atoms with E-state index in [1.807, 2.05) is 13.8 Å². The number of rotatable bonds is 3. The third kappa shape index (κ3) is 2.72. The van der Waals surface area contributed by atoms with Crippen LogP contribution in [0.4, 0.5) is 0 Å². The topological polar surface area (TPSA) is 74.2 Å². The van der Waals surface area contributed by atoms with Crippen LogP contribution in [0.25, 0.3) is 0 Å². The van der Waals surface area contributed by atoms with E-state index in [1.165, 1.54) is 0 Å². The van der Waals surface area contributed by atoms with Crippen LogP contribution in [0.3, 0.4) is 0 Å². The van der Waals surface area contributed by atoms with Gasteiger partial charge in [-0.05, 0) is 18.8 Å². The van der Waals surface area contributed by atoms with Gasteiger partial charge in [0.2, 0.25) is 11.7 Å². The molecule has 2 heterocycles. The van der Waals surface area contributed by atoms with Gasteiger partial charge in [0.05, 0.1) is 6.04 Å². The molecule has 1 aromatic heterocycles. The zero-order valence-electron chi connectivity index (χ0n) is 9.55. The summed E-state index contributed by atoms with van der Waals surface area (Å²) in [4.78, 5) is 4.29. The number of hydrogen-bond donors (Lipinski definition) is 1. The minimum Gasteiger partial charge on any atom is -0.370 e. The lowest BCUT2D eigenvalue weighted by Crippen LogP contribution is -2.17. The third-order valence-electron chi connectivity index (χ3n) is 2.68. The van der Waals surface area contributed by atoms with Crippen molar-refractivity contribution in [3.63, 3.8) is 0 Å².